The minimum absolute atomic E-state index is 0.00519. The number of rotatable bonds is 4. The number of hydrogen-bond acceptors (Lipinski definition) is 5. The average molecular weight is 309 g/mol. The molecule has 0 radical (unpaired) electrons. The normalized spacial score (nSPS) is 17.6. The Bertz CT molecular complexity index is 550. The van der Waals surface area contributed by atoms with Crippen molar-refractivity contribution in [1.29, 1.82) is 0 Å². The van der Waals surface area contributed by atoms with E-state index in [2.05, 4.69) is 5.32 Å². The van der Waals surface area contributed by atoms with Crippen LogP contribution in [-0.4, -0.2) is 41.5 Å². The van der Waals surface area contributed by atoms with Crippen LogP contribution in [0.4, 0.5) is 11.4 Å². The molecule has 7 heteroatoms. The number of amides is 2. The molecule has 1 saturated heterocycles. The SMILES string of the molecule is CCC(=O)N1CSCC1C(=O)Nc1ccc(OC)c(N)c1. The van der Waals surface area contributed by atoms with E-state index in [1.165, 1.54) is 7.11 Å². The summed E-state index contributed by atoms with van der Waals surface area (Å²) in [7, 11) is 1.54. The molecule has 0 saturated carbocycles. The Morgan fingerprint density at radius 1 is 1.52 bits per heavy atom. The largest absolute Gasteiger partial charge is 0.495 e. The van der Waals surface area contributed by atoms with Gasteiger partial charge in [0.15, 0.2) is 0 Å². The van der Waals surface area contributed by atoms with Crippen LogP contribution < -0.4 is 15.8 Å². The number of carbonyl (C=O) groups is 2. The first kappa shape index (κ1) is 15.5. The predicted molar refractivity (Wildman–Crippen MR) is 84.3 cm³/mol. The third kappa shape index (κ3) is 3.41. The average Bonchev–Trinajstić information content (AvgIpc) is 2.96. The highest BCUT2D eigenvalue weighted by Gasteiger charge is 2.33. The van der Waals surface area contributed by atoms with Crippen LogP contribution in [0.25, 0.3) is 0 Å². The number of nitrogens with zero attached hydrogens (tertiary/aromatic N) is 1. The van der Waals surface area contributed by atoms with Crippen LogP contribution in [0.3, 0.4) is 0 Å². The molecule has 0 aromatic heterocycles. The fraction of sp³-hybridized carbons (Fsp3) is 0.429. The van der Waals surface area contributed by atoms with Crippen molar-refractivity contribution in [2.24, 2.45) is 0 Å². The van der Waals surface area contributed by atoms with Crippen LogP contribution in [0, 0.1) is 0 Å². The van der Waals surface area contributed by atoms with Gasteiger partial charge in [-0.15, -0.1) is 11.8 Å². The lowest BCUT2D eigenvalue weighted by molar-refractivity contribution is -0.135. The van der Waals surface area contributed by atoms with E-state index in [0.717, 1.165) is 0 Å². The van der Waals surface area contributed by atoms with Crippen molar-refractivity contribution in [2.75, 3.05) is 29.8 Å². The Morgan fingerprint density at radius 3 is 2.90 bits per heavy atom. The lowest BCUT2D eigenvalue weighted by Gasteiger charge is -2.22. The van der Waals surface area contributed by atoms with Crippen LogP contribution in [0.5, 0.6) is 5.75 Å². The van der Waals surface area contributed by atoms with Gasteiger partial charge in [-0.2, -0.15) is 0 Å². The van der Waals surface area contributed by atoms with Crippen molar-refractivity contribution in [3.8, 4) is 5.75 Å². The van der Waals surface area contributed by atoms with Crippen molar-refractivity contribution in [2.45, 2.75) is 19.4 Å². The first-order chi connectivity index (χ1) is 10.1. The van der Waals surface area contributed by atoms with Gasteiger partial charge in [-0.05, 0) is 18.2 Å². The fourth-order valence-electron chi connectivity index (χ4n) is 2.15. The summed E-state index contributed by atoms with van der Waals surface area (Å²) in [6.07, 6.45) is 0.403. The molecule has 1 aromatic carbocycles. The minimum atomic E-state index is -0.425. The lowest BCUT2D eigenvalue weighted by Crippen LogP contribution is -2.44. The molecule has 6 nitrogen and oxygen atoms in total. The van der Waals surface area contributed by atoms with E-state index in [0.29, 0.717) is 35.2 Å². The van der Waals surface area contributed by atoms with E-state index in [-0.39, 0.29) is 11.8 Å². The molecule has 0 aliphatic carbocycles. The Morgan fingerprint density at radius 2 is 2.29 bits per heavy atom. The summed E-state index contributed by atoms with van der Waals surface area (Å²) in [4.78, 5) is 25.8. The molecule has 2 rings (SSSR count). The van der Waals surface area contributed by atoms with Crippen molar-refractivity contribution in [3.63, 3.8) is 0 Å². The summed E-state index contributed by atoms with van der Waals surface area (Å²) in [6, 6.07) is 4.64. The van der Waals surface area contributed by atoms with E-state index in [1.807, 2.05) is 0 Å². The van der Waals surface area contributed by atoms with Gasteiger partial charge in [-0.3, -0.25) is 9.59 Å². The van der Waals surface area contributed by atoms with Gasteiger partial charge in [0.05, 0.1) is 18.7 Å². The molecule has 2 amide bonds. The Hall–Kier alpha value is -1.89. The predicted octanol–water partition coefficient (Wildman–Crippen LogP) is 1.53. The molecule has 3 N–H and O–H groups in total. The summed E-state index contributed by atoms with van der Waals surface area (Å²) < 4.78 is 5.07. The number of carbonyl (C=O) groups excluding carboxylic acids is 2. The third-order valence-corrected chi connectivity index (χ3v) is 4.32. The molecule has 1 aliphatic heterocycles. The Kier molecular flexibility index (Phi) is 4.95. The topological polar surface area (TPSA) is 84.7 Å². The summed E-state index contributed by atoms with van der Waals surface area (Å²) in [6.45, 7) is 1.80. The molecule has 1 heterocycles. The Labute approximate surface area is 128 Å². The van der Waals surface area contributed by atoms with E-state index in [9.17, 15) is 9.59 Å². The molecule has 1 unspecified atom stereocenters. The number of ether oxygens (including phenoxy) is 1. The number of nitrogens with two attached hydrogens (primary N) is 1. The number of benzene rings is 1. The van der Waals surface area contributed by atoms with Crippen LogP contribution in [-0.2, 0) is 9.59 Å². The summed E-state index contributed by atoms with van der Waals surface area (Å²) in [5, 5.41) is 2.80. The number of methoxy groups -OCH3 is 1. The zero-order valence-corrected chi connectivity index (χ0v) is 12.9. The van der Waals surface area contributed by atoms with Gasteiger partial charge >= 0.3 is 0 Å². The van der Waals surface area contributed by atoms with E-state index in [1.54, 1.807) is 41.8 Å². The van der Waals surface area contributed by atoms with Crippen molar-refractivity contribution in [3.05, 3.63) is 18.2 Å². The standard InChI is InChI=1S/C14H19N3O3S/c1-3-13(18)17-8-21-7-11(17)14(19)16-9-4-5-12(20-2)10(15)6-9/h4-6,11H,3,7-8,15H2,1-2H3,(H,16,19). The maximum atomic E-state index is 12.3. The smallest absolute Gasteiger partial charge is 0.248 e. The molecular formula is C14H19N3O3S. The van der Waals surface area contributed by atoms with Crippen molar-refractivity contribution in [1.82, 2.24) is 4.90 Å². The zero-order valence-electron chi connectivity index (χ0n) is 12.1. The monoisotopic (exact) mass is 309 g/mol. The van der Waals surface area contributed by atoms with Crippen LogP contribution in [0.1, 0.15) is 13.3 Å². The van der Waals surface area contributed by atoms with Gasteiger partial charge < -0.3 is 20.7 Å². The van der Waals surface area contributed by atoms with Gasteiger partial charge in [-0.1, -0.05) is 6.92 Å². The van der Waals surface area contributed by atoms with E-state index >= 15 is 0 Å². The number of nitrogen functional groups attached to an aromatic ring is 1. The van der Waals surface area contributed by atoms with Gasteiger partial charge in [-0.25, -0.2) is 0 Å². The molecule has 1 aromatic rings. The second-order valence-corrected chi connectivity index (χ2v) is 5.68. The van der Waals surface area contributed by atoms with Gasteiger partial charge in [0.25, 0.3) is 0 Å². The van der Waals surface area contributed by atoms with Crippen LogP contribution in [0.2, 0.25) is 0 Å². The summed E-state index contributed by atoms with van der Waals surface area (Å²) in [5.41, 5.74) is 6.87. The molecule has 0 spiro atoms. The van der Waals surface area contributed by atoms with E-state index in [4.69, 9.17) is 10.5 Å². The lowest BCUT2D eigenvalue weighted by atomic mass is 10.2. The number of anilines is 2. The maximum Gasteiger partial charge on any atom is 0.248 e. The molecule has 1 atom stereocenters. The number of nitrogens with one attached hydrogen (secondary N) is 1. The first-order valence-corrected chi connectivity index (χ1v) is 7.83. The zero-order chi connectivity index (χ0) is 15.4. The van der Waals surface area contributed by atoms with E-state index < -0.39 is 6.04 Å². The van der Waals surface area contributed by atoms with Gasteiger partial charge in [0, 0.05) is 17.9 Å². The first-order valence-electron chi connectivity index (χ1n) is 6.68. The molecular weight excluding hydrogens is 290 g/mol. The molecule has 1 fully saturated rings. The van der Waals surface area contributed by atoms with Crippen molar-refractivity contribution >= 4 is 35.0 Å². The summed E-state index contributed by atoms with van der Waals surface area (Å²) in [5.74, 6) is 1.55. The second kappa shape index (κ2) is 6.71. The molecule has 0 bridgehead atoms. The highest BCUT2D eigenvalue weighted by atomic mass is 32.2. The van der Waals surface area contributed by atoms with Gasteiger partial charge in [0.1, 0.15) is 11.8 Å². The maximum absolute atomic E-state index is 12.3. The molecule has 21 heavy (non-hydrogen) atoms. The number of hydrogen-bond donors (Lipinski definition) is 2. The quantitative estimate of drug-likeness (QED) is 0.824. The van der Waals surface area contributed by atoms with Crippen molar-refractivity contribution < 1.29 is 14.3 Å². The third-order valence-electron chi connectivity index (χ3n) is 3.31. The minimum Gasteiger partial charge on any atom is -0.495 e. The summed E-state index contributed by atoms with van der Waals surface area (Å²) >= 11 is 1.58. The molecule has 114 valence electrons. The number of thioether (sulfide) groups is 1. The Balaban J connectivity index is 2.07. The van der Waals surface area contributed by atoms with Crippen LogP contribution in [0.15, 0.2) is 18.2 Å². The highest BCUT2D eigenvalue weighted by molar-refractivity contribution is 7.99. The molecule has 1 aliphatic rings. The highest BCUT2D eigenvalue weighted by Crippen LogP contribution is 2.26. The fourth-order valence-corrected chi connectivity index (χ4v) is 3.33. The second-order valence-electron chi connectivity index (χ2n) is 4.68. The van der Waals surface area contributed by atoms with Crippen LogP contribution >= 0.6 is 11.8 Å². The van der Waals surface area contributed by atoms with Gasteiger partial charge in [0.2, 0.25) is 11.8 Å².